The summed E-state index contributed by atoms with van der Waals surface area (Å²) in [5, 5.41) is 9.01. The Bertz CT molecular complexity index is 1180. The maximum atomic E-state index is 12.9. The summed E-state index contributed by atoms with van der Waals surface area (Å²) < 4.78 is 6.36. The van der Waals surface area contributed by atoms with Gasteiger partial charge >= 0.3 is 5.97 Å². The van der Waals surface area contributed by atoms with Crippen molar-refractivity contribution >= 4 is 46.3 Å². The molecule has 0 aliphatic carbocycles. The SMILES string of the molecule is CC.Cc1ccccc1CN1C(=O)/C(=C/c2ccc(-c3ccc(C(=O)O)cc3)o2)SC1=S. The zero-order chi connectivity index (χ0) is 23.3. The molecule has 2 heterocycles. The first kappa shape index (κ1) is 23.5. The third-order valence-corrected chi connectivity index (χ3v) is 6.16. The normalized spacial score (nSPS) is 14.5. The molecule has 1 amide bonds. The molecule has 1 aromatic heterocycles. The van der Waals surface area contributed by atoms with Gasteiger partial charge in [-0.05, 0) is 42.3 Å². The second-order valence-electron chi connectivity index (χ2n) is 6.78. The average Bonchev–Trinajstić information content (AvgIpc) is 3.37. The maximum Gasteiger partial charge on any atom is 0.335 e. The van der Waals surface area contributed by atoms with Crippen molar-refractivity contribution in [3.8, 4) is 11.3 Å². The smallest absolute Gasteiger partial charge is 0.335 e. The molecule has 0 radical (unpaired) electrons. The van der Waals surface area contributed by atoms with Crippen molar-refractivity contribution in [1.29, 1.82) is 0 Å². The molecule has 7 heteroatoms. The van der Waals surface area contributed by atoms with Crippen molar-refractivity contribution in [2.45, 2.75) is 27.3 Å². The summed E-state index contributed by atoms with van der Waals surface area (Å²) in [6.07, 6.45) is 1.69. The van der Waals surface area contributed by atoms with E-state index in [1.807, 2.05) is 45.0 Å². The van der Waals surface area contributed by atoms with Crippen molar-refractivity contribution in [2.24, 2.45) is 0 Å². The van der Waals surface area contributed by atoms with Crippen LogP contribution < -0.4 is 0 Å². The maximum absolute atomic E-state index is 12.9. The summed E-state index contributed by atoms with van der Waals surface area (Å²) >= 11 is 6.67. The molecule has 2 aromatic carbocycles. The number of hydrogen-bond acceptors (Lipinski definition) is 5. The molecule has 0 saturated carbocycles. The molecule has 0 spiro atoms. The van der Waals surface area contributed by atoms with Gasteiger partial charge in [-0.2, -0.15) is 0 Å². The van der Waals surface area contributed by atoms with E-state index in [4.69, 9.17) is 21.7 Å². The second-order valence-corrected chi connectivity index (χ2v) is 8.45. The van der Waals surface area contributed by atoms with Gasteiger partial charge in [-0.1, -0.05) is 74.2 Å². The first-order chi connectivity index (χ1) is 15.4. The number of aryl methyl sites for hydroxylation is 1. The number of carbonyl (C=O) groups is 2. The molecule has 0 bridgehead atoms. The van der Waals surface area contributed by atoms with Crippen LogP contribution in [0.3, 0.4) is 0 Å². The van der Waals surface area contributed by atoms with Crippen LogP contribution in [0, 0.1) is 6.92 Å². The molecule has 3 aromatic rings. The zero-order valence-corrected chi connectivity index (χ0v) is 19.6. The monoisotopic (exact) mass is 465 g/mol. The minimum Gasteiger partial charge on any atom is -0.478 e. The summed E-state index contributed by atoms with van der Waals surface area (Å²) in [4.78, 5) is 26.0. The topological polar surface area (TPSA) is 70.8 Å². The van der Waals surface area contributed by atoms with Gasteiger partial charge < -0.3 is 9.52 Å². The van der Waals surface area contributed by atoms with Gasteiger partial charge in [0.15, 0.2) is 0 Å². The predicted molar refractivity (Wildman–Crippen MR) is 132 cm³/mol. The Morgan fingerprint density at radius 3 is 2.44 bits per heavy atom. The van der Waals surface area contributed by atoms with Crippen molar-refractivity contribution in [3.63, 3.8) is 0 Å². The Labute approximate surface area is 196 Å². The number of amides is 1. The number of aromatic carboxylic acids is 1. The predicted octanol–water partition coefficient (Wildman–Crippen LogP) is 6.38. The van der Waals surface area contributed by atoms with Crippen LogP contribution in [0.25, 0.3) is 17.4 Å². The lowest BCUT2D eigenvalue weighted by molar-refractivity contribution is -0.122. The van der Waals surface area contributed by atoms with Gasteiger partial charge in [0, 0.05) is 11.6 Å². The Balaban J connectivity index is 0.00000141. The molecule has 1 aliphatic rings. The highest BCUT2D eigenvalue weighted by Gasteiger charge is 2.32. The number of nitrogens with zero attached hydrogens (tertiary/aromatic N) is 1. The molecule has 0 unspecified atom stereocenters. The Hall–Kier alpha value is -3.16. The van der Waals surface area contributed by atoms with Gasteiger partial charge in [0.2, 0.25) is 0 Å². The van der Waals surface area contributed by atoms with E-state index in [1.165, 1.54) is 23.9 Å². The second kappa shape index (κ2) is 10.4. The van der Waals surface area contributed by atoms with Gasteiger partial charge in [0.25, 0.3) is 5.91 Å². The van der Waals surface area contributed by atoms with Crippen LogP contribution in [-0.2, 0) is 11.3 Å². The van der Waals surface area contributed by atoms with Crippen LogP contribution in [-0.4, -0.2) is 26.2 Å². The van der Waals surface area contributed by atoms with Crippen molar-refractivity contribution in [2.75, 3.05) is 0 Å². The molecule has 1 N–H and O–H groups in total. The van der Waals surface area contributed by atoms with Gasteiger partial charge in [-0.15, -0.1) is 0 Å². The van der Waals surface area contributed by atoms with E-state index in [1.54, 1.807) is 35.2 Å². The standard InChI is InChI=1S/C23H17NO4S2.C2H6/c1-14-4-2-3-5-17(14)13-24-21(25)20(30-23(24)29)12-18-10-11-19(28-18)15-6-8-16(9-7-15)22(26)27;1-2/h2-12H,13H2,1H3,(H,26,27);1-2H3/b20-12-;. The van der Waals surface area contributed by atoms with Crippen LogP contribution in [0.5, 0.6) is 0 Å². The molecule has 32 heavy (non-hydrogen) atoms. The summed E-state index contributed by atoms with van der Waals surface area (Å²) in [5.41, 5.74) is 3.13. The lowest BCUT2D eigenvalue weighted by Gasteiger charge is -2.15. The fraction of sp³-hybridized carbons (Fsp3) is 0.160. The Morgan fingerprint density at radius 1 is 1.09 bits per heavy atom. The zero-order valence-electron chi connectivity index (χ0n) is 18.0. The molecule has 164 valence electrons. The van der Waals surface area contributed by atoms with Crippen LogP contribution in [0.4, 0.5) is 0 Å². The molecule has 4 rings (SSSR count). The molecule has 1 fully saturated rings. The quantitative estimate of drug-likeness (QED) is 0.348. The van der Waals surface area contributed by atoms with Gasteiger partial charge in [0.1, 0.15) is 15.8 Å². The molecule has 1 saturated heterocycles. The van der Waals surface area contributed by atoms with E-state index in [0.717, 1.165) is 16.7 Å². The van der Waals surface area contributed by atoms with Crippen LogP contribution >= 0.6 is 24.0 Å². The number of furan rings is 1. The molecular weight excluding hydrogens is 442 g/mol. The molecular formula is C25H23NO4S2. The summed E-state index contributed by atoms with van der Waals surface area (Å²) in [6.45, 7) is 6.45. The van der Waals surface area contributed by atoms with Gasteiger partial charge in [-0.25, -0.2) is 4.79 Å². The van der Waals surface area contributed by atoms with Crippen molar-refractivity contribution < 1.29 is 19.1 Å². The summed E-state index contributed by atoms with van der Waals surface area (Å²) in [6, 6.07) is 17.9. The van der Waals surface area contributed by atoms with E-state index in [9.17, 15) is 9.59 Å². The number of thiocarbonyl (C=S) groups is 1. The van der Waals surface area contributed by atoms with E-state index in [0.29, 0.717) is 27.3 Å². The lowest BCUT2D eigenvalue weighted by atomic mass is 10.1. The summed E-state index contributed by atoms with van der Waals surface area (Å²) in [7, 11) is 0. The van der Waals surface area contributed by atoms with Crippen molar-refractivity contribution in [3.05, 3.63) is 88.0 Å². The minimum atomic E-state index is -0.977. The lowest BCUT2D eigenvalue weighted by Crippen LogP contribution is -2.27. The number of carboxylic acid groups (broad SMARTS) is 1. The van der Waals surface area contributed by atoms with Gasteiger partial charge in [0.05, 0.1) is 17.0 Å². The minimum absolute atomic E-state index is 0.142. The number of carbonyl (C=O) groups excluding carboxylic acids is 1. The molecule has 5 nitrogen and oxygen atoms in total. The number of benzene rings is 2. The first-order valence-corrected chi connectivity index (χ1v) is 11.4. The number of hydrogen-bond donors (Lipinski definition) is 1. The van der Waals surface area contributed by atoms with Crippen molar-refractivity contribution in [1.82, 2.24) is 4.90 Å². The Morgan fingerprint density at radius 2 is 1.78 bits per heavy atom. The number of carboxylic acids is 1. The van der Waals surface area contributed by atoms with Crippen LogP contribution in [0.15, 0.2) is 70.0 Å². The Kier molecular flexibility index (Phi) is 7.66. The molecule has 1 aliphatic heterocycles. The average molecular weight is 466 g/mol. The third kappa shape index (κ3) is 5.18. The number of thioether (sulfide) groups is 1. The third-order valence-electron chi connectivity index (χ3n) is 4.78. The highest BCUT2D eigenvalue weighted by molar-refractivity contribution is 8.26. The van der Waals surface area contributed by atoms with Crippen LogP contribution in [0.1, 0.15) is 41.1 Å². The first-order valence-electron chi connectivity index (χ1n) is 10.2. The van der Waals surface area contributed by atoms with E-state index in [2.05, 4.69) is 0 Å². The fourth-order valence-corrected chi connectivity index (χ4v) is 4.32. The van der Waals surface area contributed by atoms with Crippen LogP contribution in [0.2, 0.25) is 0 Å². The highest BCUT2D eigenvalue weighted by Crippen LogP contribution is 2.35. The largest absolute Gasteiger partial charge is 0.478 e. The molecule has 0 atom stereocenters. The highest BCUT2D eigenvalue weighted by atomic mass is 32.2. The summed E-state index contributed by atoms with van der Waals surface area (Å²) in [5.74, 6) is 0.00343. The van der Waals surface area contributed by atoms with E-state index in [-0.39, 0.29) is 11.5 Å². The number of rotatable bonds is 5. The van der Waals surface area contributed by atoms with E-state index >= 15 is 0 Å². The van der Waals surface area contributed by atoms with Gasteiger partial charge in [-0.3, -0.25) is 9.69 Å². The fourth-order valence-electron chi connectivity index (χ4n) is 3.09. The van der Waals surface area contributed by atoms with E-state index < -0.39 is 5.97 Å².